The zero-order valence-electron chi connectivity index (χ0n) is 12.8. The normalized spacial score (nSPS) is 13.4. The predicted octanol–water partition coefficient (Wildman–Crippen LogP) is 3.16. The lowest BCUT2D eigenvalue weighted by atomic mass is 10.1. The third-order valence-electron chi connectivity index (χ3n) is 3.09. The van der Waals surface area contributed by atoms with E-state index in [1.54, 1.807) is 13.2 Å². The first-order valence-electron chi connectivity index (χ1n) is 7.21. The first kappa shape index (κ1) is 16.3. The molecule has 1 rings (SSSR count). The Balaban J connectivity index is 2.63. The molecule has 4 heteroatoms. The second-order valence-electron chi connectivity index (χ2n) is 4.89. The van der Waals surface area contributed by atoms with Crippen molar-refractivity contribution in [3.05, 3.63) is 24.3 Å². The van der Waals surface area contributed by atoms with Gasteiger partial charge < -0.3 is 14.8 Å². The number of carbonyl (C=O) groups is 1. The summed E-state index contributed by atoms with van der Waals surface area (Å²) in [7, 11) is 1.61. The van der Waals surface area contributed by atoms with Gasteiger partial charge in [0.2, 0.25) is 0 Å². The van der Waals surface area contributed by atoms with E-state index in [2.05, 4.69) is 12.2 Å². The van der Waals surface area contributed by atoms with Gasteiger partial charge in [-0.3, -0.25) is 4.79 Å². The minimum absolute atomic E-state index is 0.0590. The summed E-state index contributed by atoms with van der Waals surface area (Å²) in [5.74, 6) is 1.31. The van der Waals surface area contributed by atoms with Crippen LogP contribution >= 0.6 is 0 Å². The molecule has 1 aromatic carbocycles. The number of benzene rings is 1. The Bertz CT molecular complexity index is 420. The van der Waals surface area contributed by atoms with Crippen molar-refractivity contribution in [1.29, 1.82) is 0 Å². The van der Waals surface area contributed by atoms with Crippen molar-refractivity contribution in [2.75, 3.05) is 7.11 Å². The van der Waals surface area contributed by atoms with Gasteiger partial charge in [-0.2, -0.15) is 0 Å². The fraction of sp³-hybridized carbons (Fsp3) is 0.562. The molecule has 20 heavy (non-hydrogen) atoms. The number of hydrogen-bond donors (Lipinski definition) is 1. The molecule has 0 spiro atoms. The van der Waals surface area contributed by atoms with E-state index in [0.29, 0.717) is 12.2 Å². The van der Waals surface area contributed by atoms with Gasteiger partial charge in [0, 0.05) is 12.1 Å². The quantitative estimate of drug-likeness (QED) is 0.795. The summed E-state index contributed by atoms with van der Waals surface area (Å²) in [6.45, 7) is 6.06. The first-order chi connectivity index (χ1) is 9.60. The highest BCUT2D eigenvalue weighted by Gasteiger charge is 2.19. The molecule has 0 radical (unpaired) electrons. The van der Waals surface area contributed by atoms with Gasteiger partial charge in [-0.05, 0) is 31.9 Å². The lowest BCUT2D eigenvalue weighted by Crippen LogP contribution is -2.42. The zero-order chi connectivity index (χ0) is 15.0. The molecule has 0 aliphatic heterocycles. The van der Waals surface area contributed by atoms with E-state index in [0.717, 1.165) is 18.6 Å². The maximum Gasteiger partial charge on any atom is 0.261 e. The standard InChI is InChI=1S/C16H25NO3/c1-5-8-12(3)17-16(18)15(6-2)20-14-10-7-9-13(11-14)19-4/h7,9-12,15H,5-6,8H2,1-4H3,(H,17,18)/t12-,15+/m0/s1. The van der Waals surface area contributed by atoms with Crippen LogP contribution in [0.15, 0.2) is 24.3 Å². The Labute approximate surface area is 121 Å². The molecule has 0 saturated carbocycles. The van der Waals surface area contributed by atoms with Crippen LogP contribution < -0.4 is 14.8 Å². The number of hydrogen-bond acceptors (Lipinski definition) is 3. The Morgan fingerprint density at radius 1 is 1.30 bits per heavy atom. The summed E-state index contributed by atoms with van der Waals surface area (Å²) in [4.78, 5) is 12.2. The molecule has 1 aromatic rings. The van der Waals surface area contributed by atoms with Crippen LogP contribution in [-0.2, 0) is 4.79 Å². The van der Waals surface area contributed by atoms with Gasteiger partial charge in [-0.1, -0.05) is 26.3 Å². The third-order valence-corrected chi connectivity index (χ3v) is 3.09. The third kappa shape index (κ3) is 5.11. The van der Waals surface area contributed by atoms with Crippen LogP contribution in [0, 0.1) is 0 Å². The number of methoxy groups -OCH3 is 1. The number of amides is 1. The van der Waals surface area contributed by atoms with E-state index in [9.17, 15) is 4.79 Å². The van der Waals surface area contributed by atoms with Crippen LogP contribution in [-0.4, -0.2) is 25.2 Å². The Morgan fingerprint density at radius 3 is 2.60 bits per heavy atom. The monoisotopic (exact) mass is 279 g/mol. The van der Waals surface area contributed by atoms with Crippen LogP contribution in [0.25, 0.3) is 0 Å². The maximum absolute atomic E-state index is 12.2. The topological polar surface area (TPSA) is 47.6 Å². The number of ether oxygens (including phenoxy) is 2. The number of nitrogens with one attached hydrogen (secondary N) is 1. The first-order valence-corrected chi connectivity index (χ1v) is 7.21. The van der Waals surface area contributed by atoms with Crippen LogP contribution in [0.5, 0.6) is 11.5 Å². The van der Waals surface area contributed by atoms with Crippen molar-refractivity contribution in [2.24, 2.45) is 0 Å². The highest BCUT2D eigenvalue weighted by Crippen LogP contribution is 2.20. The highest BCUT2D eigenvalue weighted by atomic mass is 16.5. The smallest absolute Gasteiger partial charge is 0.261 e. The maximum atomic E-state index is 12.2. The molecule has 2 atom stereocenters. The van der Waals surface area contributed by atoms with E-state index in [1.165, 1.54) is 0 Å². The van der Waals surface area contributed by atoms with E-state index in [-0.39, 0.29) is 11.9 Å². The summed E-state index contributed by atoms with van der Waals surface area (Å²) in [6.07, 6.45) is 2.18. The molecule has 4 nitrogen and oxygen atoms in total. The summed E-state index contributed by atoms with van der Waals surface area (Å²) in [6, 6.07) is 7.48. The molecule has 1 N–H and O–H groups in total. The van der Waals surface area contributed by atoms with E-state index >= 15 is 0 Å². The molecular formula is C16H25NO3. The average molecular weight is 279 g/mol. The molecule has 0 fully saturated rings. The summed E-state index contributed by atoms with van der Waals surface area (Å²) in [5.41, 5.74) is 0. The second-order valence-corrected chi connectivity index (χ2v) is 4.89. The van der Waals surface area contributed by atoms with Gasteiger partial charge in [0.05, 0.1) is 7.11 Å². The molecule has 0 aliphatic rings. The molecule has 0 unspecified atom stereocenters. The largest absolute Gasteiger partial charge is 0.497 e. The molecule has 0 heterocycles. The van der Waals surface area contributed by atoms with Crippen LogP contribution in [0.3, 0.4) is 0 Å². The molecule has 0 aliphatic carbocycles. The lowest BCUT2D eigenvalue weighted by Gasteiger charge is -2.20. The minimum atomic E-state index is -0.471. The van der Waals surface area contributed by atoms with Gasteiger partial charge >= 0.3 is 0 Å². The Hall–Kier alpha value is -1.71. The van der Waals surface area contributed by atoms with Gasteiger partial charge in [0.1, 0.15) is 11.5 Å². The van der Waals surface area contributed by atoms with Crippen molar-refractivity contribution < 1.29 is 14.3 Å². The SMILES string of the molecule is CCC[C@H](C)NC(=O)[C@@H](CC)Oc1cccc(OC)c1. The number of rotatable bonds is 8. The molecule has 0 bridgehead atoms. The lowest BCUT2D eigenvalue weighted by molar-refractivity contribution is -0.128. The van der Waals surface area contributed by atoms with Crippen molar-refractivity contribution in [3.8, 4) is 11.5 Å². The van der Waals surface area contributed by atoms with E-state index < -0.39 is 6.10 Å². The Morgan fingerprint density at radius 2 is 2.00 bits per heavy atom. The van der Waals surface area contributed by atoms with Crippen LogP contribution in [0.1, 0.15) is 40.0 Å². The van der Waals surface area contributed by atoms with Crippen molar-refractivity contribution in [3.63, 3.8) is 0 Å². The molecule has 0 aromatic heterocycles. The van der Waals surface area contributed by atoms with Gasteiger partial charge in [0.25, 0.3) is 5.91 Å². The fourth-order valence-electron chi connectivity index (χ4n) is 2.00. The molecule has 0 saturated heterocycles. The van der Waals surface area contributed by atoms with Crippen LogP contribution in [0.4, 0.5) is 0 Å². The fourth-order valence-corrected chi connectivity index (χ4v) is 2.00. The summed E-state index contributed by atoms with van der Waals surface area (Å²) in [5, 5.41) is 2.99. The van der Waals surface area contributed by atoms with Gasteiger partial charge in [0.15, 0.2) is 6.10 Å². The van der Waals surface area contributed by atoms with Crippen molar-refractivity contribution in [1.82, 2.24) is 5.32 Å². The molecule has 112 valence electrons. The second kappa shape index (κ2) is 8.46. The zero-order valence-corrected chi connectivity index (χ0v) is 12.8. The van der Waals surface area contributed by atoms with E-state index in [4.69, 9.17) is 9.47 Å². The Kier molecular flexibility index (Phi) is 6.91. The molecule has 1 amide bonds. The summed E-state index contributed by atoms with van der Waals surface area (Å²) >= 11 is 0. The van der Waals surface area contributed by atoms with Crippen LogP contribution in [0.2, 0.25) is 0 Å². The van der Waals surface area contributed by atoms with Gasteiger partial charge in [-0.15, -0.1) is 0 Å². The number of carbonyl (C=O) groups excluding carboxylic acids is 1. The van der Waals surface area contributed by atoms with E-state index in [1.807, 2.05) is 32.0 Å². The predicted molar refractivity (Wildman–Crippen MR) is 80.2 cm³/mol. The minimum Gasteiger partial charge on any atom is -0.497 e. The van der Waals surface area contributed by atoms with Crippen molar-refractivity contribution >= 4 is 5.91 Å². The molecular weight excluding hydrogens is 254 g/mol. The summed E-state index contributed by atoms with van der Waals surface area (Å²) < 4.78 is 10.9. The average Bonchev–Trinajstić information content (AvgIpc) is 2.45. The van der Waals surface area contributed by atoms with Gasteiger partial charge in [-0.25, -0.2) is 0 Å². The highest BCUT2D eigenvalue weighted by molar-refractivity contribution is 5.81. The van der Waals surface area contributed by atoms with Crippen molar-refractivity contribution in [2.45, 2.75) is 52.2 Å².